The van der Waals surface area contributed by atoms with Gasteiger partial charge in [-0.1, -0.05) is 37.2 Å². The quantitative estimate of drug-likeness (QED) is 0.401. The van der Waals surface area contributed by atoms with Crippen molar-refractivity contribution in [2.24, 2.45) is 0 Å². The van der Waals surface area contributed by atoms with Gasteiger partial charge in [0.25, 0.3) is 5.56 Å². The first-order valence-corrected chi connectivity index (χ1v) is 9.27. The second kappa shape index (κ2) is 8.71. The van der Waals surface area contributed by atoms with E-state index in [0.29, 0.717) is 40.9 Å². The van der Waals surface area contributed by atoms with E-state index in [2.05, 4.69) is 18.8 Å². The molecule has 0 N–H and O–H groups in total. The van der Waals surface area contributed by atoms with Crippen LogP contribution in [0.5, 0.6) is 0 Å². The molecule has 0 aliphatic heterocycles. The SMILES string of the molecule is CCOCCCn1c(SC(C)CC)nc2cc(Cl)ccc2c1=O. The van der Waals surface area contributed by atoms with Gasteiger partial charge in [-0.15, -0.1) is 0 Å². The molecule has 0 saturated carbocycles. The van der Waals surface area contributed by atoms with E-state index >= 15 is 0 Å². The molecule has 0 fully saturated rings. The summed E-state index contributed by atoms with van der Waals surface area (Å²) in [6, 6.07) is 5.24. The zero-order valence-corrected chi connectivity index (χ0v) is 15.4. The molecule has 4 nitrogen and oxygen atoms in total. The van der Waals surface area contributed by atoms with Gasteiger partial charge in [-0.05, 0) is 38.0 Å². The van der Waals surface area contributed by atoms with Crippen molar-refractivity contribution in [3.05, 3.63) is 33.6 Å². The molecule has 0 bridgehead atoms. The molecule has 2 aromatic rings. The fraction of sp³-hybridized carbons (Fsp3) is 0.529. The van der Waals surface area contributed by atoms with Crippen LogP contribution >= 0.6 is 23.4 Å². The normalized spacial score (nSPS) is 12.7. The molecule has 2 rings (SSSR count). The van der Waals surface area contributed by atoms with Crippen molar-refractivity contribution >= 4 is 34.3 Å². The van der Waals surface area contributed by atoms with Gasteiger partial charge in [0.05, 0.1) is 10.9 Å². The number of nitrogens with zero attached hydrogens (tertiary/aromatic N) is 2. The molecule has 1 unspecified atom stereocenters. The lowest BCUT2D eigenvalue weighted by Crippen LogP contribution is -2.24. The lowest BCUT2D eigenvalue weighted by molar-refractivity contribution is 0.140. The smallest absolute Gasteiger partial charge is 0.262 e. The number of ether oxygens (including phenoxy) is 1. The largest absolute Gasteiger partial charge is 0.382 e. The summed E-state index contributed by atoms with van der Waals surface area (Å²) in [4.78, 5) is 17.5. The van der Waals surface area contributed by atoms with Crippen LogP contribution in [-0.4, -0.2) is 28.0 Å². The molecule has 1 aromatic carbocycles. The summed E-state index contributed by atoms with van der Waals surface area (Å²) >= 11 is 7.68. The van der Waals surface area contributed by atoms with Gasteiger partial charge in [0.15, 0.2) is 5.16 Å². The Morgan fingerprint density at radius 3 is 2.87 bits per heavy atom. The number of fused-ring (bicyclic) bond motifs is 1. The summed E-state index contributed by atoms with van der Waals surface area (Å²) in [6.45, 7) is 8.20. The minimum Gasteiger partial charge on any atom is -0.382 e. The van der Waals surface area contributed by atoms with E-state index in [-0.39, 0.29) is 5.56 Å². The number of benzene rings is 1. The average Bonchev–Trinajstić information content (AvgIpc) is 2.53. The highest BCUT2D eigenvalue weighted by Gasteiger charge is 2.14. The maximum absolute atomic E-state index is 12.8. The van der Waals surface area contributed by atoms with Gasteiger partial charge >= 0.3 is 0 Å². The predicted octanol–water partition coefficient (Wildman–Crippen LogP) is 4.37. The summed E-state index contributed by atoms with van der Waals surface area (Å²) in [5, 5.41) is 2.37. The molecule has 0 radical (unpaired) electrons. The molecular weight excluding hydrogens is 332 g/mol. The Morgan fingerprint density at radius 1 is 1.39 bits per heavy atom. The minimum absolute atomic E-state index is 0.00559. The molecule has 0 aliphatic rings. The van der Waals surface area contributed by atoms with Crippen molar-refractivity contribution < 1.29 is 4.74 Å². The third-order valence-corrected chi connectivity index (χ3v) is 5.13. The van der Waals surface area contributed by atoms with Gasteiger partial charge in [-0.2, -0.15) is 0 Å². The third-order valence-electron chi connectivity index (χ3n) is 3.64. The van der Waals surface area contributed by atoms with Crippen LogP contribution in [0.15, 0.2) is 28.2 Å². The van der Waals surface area contributed by atoms with Crippen LogP contribution in [0.1, 0.15) is 33.6 Å². The summed E-state index contributed by atoms with van der Waals surface area (Å²) in [5.74, 6) is 0. The zero-order valence-electron chi connectivity index (χ0n) is 13.8. The summed E-state index contributed by atoms with van der Waals surface area (Å²) in [7, 11) is 0. The van der Waals surface area contributed by atoms with Crippen molar-refractivity contribution in [3.8, 4) is 0 Å². The molecular formula is C17H23ClN2O2S. The topological polar surface area (TPSA) is 44.1 Å². The van der Waals surface area contributed by atoms with Crippen molar-refractivity contribution in [2.45, 2.75) is 50.6 Å². The first-order valence-electron chi connectivity index (χ1n) is 8.01. The second-order valence-electron chi connectivity index (χ2n) is 5.40. The Bertz CT molecular complexity index is 718. The van der Waals surface area contributed by atoms with Gasteiger partial charge < -0.3 is 4.74 Å². The Kier molecular flexibility index (Phi) is 6.93. The van der Waals surface area contributed by atoms with E-state index in [0.717, 1.165) is 18.0 Å². The molecule has 6 heteroatoms. The van der Waals surface area contributed by atoms with Crippen LogP contribution in [0.3, 0.4) is 0 Å². The molecule has 0 spiro atoms. The van der Waals surface area contributed by atoms with E-state index < -0.39 is 0 Å². The van der Waals surface area contributed by atoms with Crippen molar-refractivity contribution in [1.82, 2.24) is 9.55 Å². The van der Waals surface area contributed by atoms with Crippen LogP contribution in [0.4, 0.5) is 0 Å². The first-order chi connectivity index (χ1) is 11.1. The maximum Gasteiger partial charge on any atom is 0.262 e. The molecule has 0 saturated heterocycles. The molecule has 0 amide bonds. The zero-order chi connectivity index (χ0) is 16.8. The van der Waals surface area contributed by atoms with Crippen LogP contribution in [0.25, 0.3) is 10.9 Å². The van der Waals surface area contributed by atoms with Gasteiger partial charge in [-0.3, -0.25) is 9.36 Å². The average molecular weight is 355 g/mol. The Morgan fingerprint density at radius 2 is 2.17 bits per heavy atom. The van der Waals surface area contributed by atoms with E-state index in [4.69, 9.17) is 16.3 Å². The number of rotatable bonds is 8. The predicted molar refractivity (Wildman–Crippen MR) is 97.7 cm³/mol. The minimum atomic E-state index is -0.00559. The van der Waals surface area contributed by atoms with Crippen LogP contribution in [0, 0.1) is 0 Å². The van der Waals surface area contributed by atoms with E-state index in [1.165, 1.54) is 0 Å². The summed E-state index contributed by atoms with van der Waals surface area (Å²) < 4.78 is 7.15. The Labute approximate surface area is 146 Å². The number of thioether (sulfide) groups is 1. The van der Waals surface area contributed by atoms with Crippen LogP contribution < -0.4 is 5.56 Å². The molecule has 1 aromatic heterocycles. The molecule has 1 atom stereocenters. The fourth-order valence-corrected chi connectivity index (χ4v) is 3.34. The highest BCUT2D eigenvalue weighted by atomic mass is 35.5. The molecule has 126 valence electrons. The maximum atomic E-state index is 12.8. The fourth-order valence-electron chi connectivity index (χ4n) is 2.19. The van der Waals surface area contributed by atoms with Crippen molar-refractivity contribution in [2.75, 3.05) is 13.2 Å². The summed E-state index contributed by atoms with van der Waals surface area (Å²) in [6.07, 6.45) is 1.82. The van der Waals surface area contributed by atoms with E-state index in [9.17, 15) is 4.79 Å². The second-order valence-corrected chi connectivity index (χ2v) is 7.24. The van der Waals surface area contributed by atoms with Crippen molar-refractivity contribution in [3.63, 3.8) is 0 Å². The Hall–Kier alpha value is -1.04. The van der Waals surface area contributed by atoms with E-state index in [1.54, 1.807) is 34.5 Å². The standard InChI is InChI=1S/C17H23ClN2O2S/c1-4-12(3)23-17-19-15-11-13(18)7-8-14(15)16(21)20(17)9-6-10-22-5-2/h7-8,11-12H,4-6,9-10H2,1-3H3. The molecule has 1 heterocycles. The molecule has 23 heavy (non-hydrogen) atoms. The van der Waals surface area contributed by atoms with Crippen molar-refractivity contribution in [1.29, 1.82) is 0 Å². The number of hydrogen-bond acceptors (Lipinski definition) is 4. The number of halogens is 1. The lowest BCUT2D eigenvalue weighted by Gasteiger charge is -2.15. The first kappa shape index (κ1) is 18.3. The van der Waals surface area contributed by atoms with Gasteiger partial charge in [0, 0.05) is 30.0 Å². The van der Waals surface area contributed by atoms with Gasteiger partial charge in [0.1, 0.15) is 0 Å². The summed E-state index contributed by atoms with van der Waals surface area (Å²) in [5.41, 5.74) is 0.656. The third kappa shape index (κ3) is 4.72. The van der Waals surface area contributed by atoms with Crippen LogP contribution in [-0.2, 0) is 11.3 Å². The highest BCUT2D eigenvalue weighted by molar-refractivity contribution is 7.99. The number of aromatic nitrogens is 2. The lowest BCUT2D eigenvalue weighted by atomic mass is 10.2. The number of hydrogen-bond donors (Lipinski definition) is 0. The van der Waals surface area contributed by atoms with Crippen LogP contribution in [0.2, 0.25) is 5.02 Å². The molecule has 0 aliphatic carbocycles. The van der Waals surface area contributed by atoms with Gasteiger partial charge in [-0.25, -0.2) is 4.98 Å². The van der Waals surface area contributed by atoms with E-state index in [1.807, 2.05) is 6.92 Å². The van der Waals surface area contributed by atoms with Gasteiger partial charge in [0.2, 0.25) is 0 Å². The highest BCUT2D eigenvalue weighted by Crippen LogP contribution is 2.25. The monoisotopic (exact) mass is 354 g/mol. The Balaban J connectivity index is 2.42.